The average Bonchev–Trinajstić information content (AvgIpc) is 2.57. The number of rotatable bonds is 4. The molecule has 130 valence electrons. The highest BCUT2D eigenvalue weighted by molar-refractivity contribution is 9.11. The fourth-order valence-corrected chi connectivity index (χ4v) is 2.91. The lowest BCUT2D eigenvalue weighted by Crippen LogP contribution is -2.18. The Kier molecular flexibility index (Phi) is 5.59. The zero-order valence-electron chi connectivity index (χ0n) is 12.1. The lowest BCUT2D eigenvalue weighted by molar-refractivity contribution is -0.384. The molecule has 1 amide bonds. The summed E-state index contributed by atoms with van der Waals surface area (Å²) in [6.45, 7) is 0. The monoisotopic (exact) mass is 473 g/mol. The maximum absolute atomic E-state index is 12.0. The van der Waals surface area contributed by atoms with E-state index in [0.717, 1.165) is 24.4 Å². The molecular weight excluding hydrogens is 466 g/mol. The van der Waals surface area contributed by atoms with E-state index in [1.165, 1.54) is 6.07 Å². The van der Waals surface area contributed by atoms with E-state index in [-0.39, 0.29) is 37.3 Å². The van der Waals surface area contributed by atoms with Crippen LogP contribution in [0, 0.1) is 10.1 Å². The maximum Gasteiger partial charge on any atom is 0.275 e. The van der Waals surface area contributed by atoms with Crippen LogP contribution in [0.15, 0.2) is 38.3 Å². The zero-order valence-corrected chi connectivity index (χ0v) is 15.3. The molecule has 0 fully saturated rings. The van der Waals surface area contributed by atoms with E-state index in [0.29, 0.717) is 0 Å². The highest BCUT2D eigenvalue weighted by Crippen LogP contribution is 2.40. The summed E-state index contributed by atoms with van der Waals surface area (Å²) in [6, 6.07) is 4.34. The summed E-state index contributed by atoms with van der Waals surface area (Å²) >= 11 is 6.08. The fraction of sp³-hybridized carbons (Fsp3) is 0. The van der Waals surface area contributed by atoms with E-state index < -0.39 is 16.6 Å². The number of hydrogen-bond acceptors (Lipinski definition) is 7. The number of halogens is 2. The molecule has 0 aliphatic carbocycles. The van der Waals surface area contributed by atoms with Crippen LogP contribution in [0.5, 0.6) is 17.2 Å². The number of phenols is 3. The second-order valence-corrected chi connectivity index (χ2v) is 6.26. The molecule has 0 bridgehead atoms. The lowest BCUT2D eigenvalue weighted by atomic mass is 10.1. The first kappa shape index (κ1) is 18.7. The predicted molar refractivity (Wildman–Crippen MR) is 95.0 cm³/mol. The van der Waals surface area contributed by atoms with Gasteiger partial charge in [0, 0.05) is 17.7 Å². The molecule has 0 aliphatic heterocycles. The van der Waals surface area contributed by atoms with E-state index in [4.69, 9.17) is 0 Å². The van der Waals surface area contributed by atoms with Crippen LogP contribution in [0.4, 0.5) is 5.69 Å². The molecule has 11 heteroatoms. The topological polar surface area (TPSA) is 145 Å². The standard InChI is InChI=1S/C14H9Br2N3O6/c15-9-3-6(12(21)11(16)13(9)22)5-17-18-14(23)8-4-7(19(24)25)1-2-10(8)20/h1-5,20-22H,(H,18,23)/b17-5-. The van der Waals surface area contributed by atoms with Gasteiger partial charge in [-0.25, -0.2) is 5.43 Å². The molecule has 2 aromatic rings. The van der Waals surface area contributed by atoms with Crippen LogP contribution >= 0.6 is 31.9 Å². The highest BCUT2D eigenvalue weighted by atomic mass is 79.9. The molecule has 25 heavy (non-hydrogen) atoms. The molecule has 4 N–H and O–H groups in total. The van der Waals surface area contributed by atoms with Gasteiger partial charge in [-0.3, -0.25) is 14.9 Å². The van der Waals surface area contributed by atoms with Gasteiger partial charge in [-0.15, -0.1) is 0 Å². The van der Waals surface area contributed by atoms with Gasteiger partial charge in [0.05, 0.1) is 21.2 Å². The minimum atomic E-state index is -0.881. The summed E-state index contributed by atoms with van der Waals surface area (Å²) in [5.74, 6) is -1.85. The van der Waals surface area contributed by atoms with Gasteiger partial charge in [0.15, 0.2) is 0 Å². The molecule has 2 rings (SSSR count). The number of nitrogens with zero attached hydrogens (tertiary/aromatic N) is 2. The Balaban J connectivity index is 2.22. The molecule has 0 unspecified atom stereocenters. The van der Waals surface area contributed by atoms with Crippen molar-refractivity contribution in [3.63, 3.8) is 0 Å². The lowest BCUT2D eigenvalue weighted by Gasteiger charge is -2.06. The number of hydrazone groups is 1. The van der Waals surface area contributed by atoms with Crippen LogP contribution in [-0.2, 0) is 0 Å². The Morgan fingerprint density at radius 2 is 1.88 bits per heavy atom. The third kappa shape index (κ3) is 4.06. The molecule has 0 atom stereocenters. The van der Waals surface area contributed by atoms with Gasteiger partial charge in [-0.05, 0) is 44.0 Å². The van der Waals surface area contributed by atoms with Gasteiger partial charge >= 0.3 is 0 Å². The van der Waals surface area contributed by atoms with Crippen LogP contribution in [0.3, 0.4) is 0 Å². The Hall–Kier alpha value is -2.66. The van der Waals surface area contributed by atoms with Gasteiger partial charge in [0.2, 0.25) is 0 Å². The number of nitro groups is 1. The summed E-state index contributed by atoms with van der Waals surface area (Å²) in [5, 5.41) is 43.5. The number of non-ortho nitro benzene ring substituents is 1. The number of phenolic OH excluding ortho intramolecular Hbond substituents is 3. The SMILES string of the molecule is O=C(N/N=C\c1cc(Br)c(O)c(Br)c1O)c1cc([N+](=O)[O-])ccc1O. The van der Waals surface area contributed by atoms with Gasteiger partial charge in [0.25, 0.3) is 11.6 Å². The van der Waals surface area contributed by atoms with E-state index in [2.05, 4.69) is 42.4 Å². The quantitative estimate of drug-likeness (QED) is 0.304. The fourth-order valence-electron chi connectivity index (χ4n) is 1.76. The summed E-state index contributed by atoms with van der Waals surface area (Å²) < 4.78 is 0.312. The molecule has 0 aliphatic rings. The third-order valence-electron chi connectivity index (χ3n) is 3.00. The zero-order chi connectivity index (χ0) is 18.7. The van der Waals surface area contributed by atoms with Crippen molar-refractivity contribution in [1.29, 1.82) is 0 Å². The van der Waals surface area contributed by atoms with Crippen molar-refractivity contribution in [1.82, 2.24) is 5.43 Å². The number of carbonyl (C=O) groups is 1. The number of hydrogen-bond donors (Lipinski definition) is 4. The highest BCUT2D eigenvalue weighted by Gasteiger charge is 2.16. The smallest absolute Gasteiger partial charge is 0.275 e. The Morgan fingerprint density at radius 1 is 1.20 bits per heavy atom. The molecule has 0 aromatic heterocycles. The Labute approximate surface area is 157 Å². The first-order valence-corrected chi connectivity index (χ1v) is 8.01. The van der Waals surface area contributed by atoms with Crippen molar-refractivity contribution in [3.8, 4) is 17.2 Å². The molecule has 2 aromatic carbocycles. The van der Waals surface area contributed by atoms with Crippen LogP contribution in [-0.4, -0.2) is 32.4 Å². The van der Waals surface area contributed by atoms with Crippen molar-refractivity contribution in [3.05, 3.63) is 54.5 Å². The molecule has 0 spiro atoms. The van der Waals surface area contributed by atoms with Crippen LogP contribution in [0.25, 0.3) is 0 Å². The largest absolute Gasteiger partial charge is 0.507 e. The van der Waals surface area contributed by atoms with Crippen molar-refractivity contribution in [2.45, 2.75) is 0 Å². The second-order valence-electron chi connectivity index (χ2n) is 4.62. The van der Waals surface area contributed by atoms with Gasteiger partial charge in [0.1, 0.15) is 21.7 Å². The van der Waals surface area contributed by atoms with Crippen molar-refractivity contribution >= 4 is 49.7 Å². The minimum absolute atomic E-state index is 0.0333. The number of benzene rings is 2. The first-order valence-electron chi connectivity index (χ1n) is 6.43. The third-order valence-corrected chi connectivity index (χ3v) is 4.36. The molecular formula is C14H9Br2N3O6. The van der Waals surface area contributed by atoms with Crippen molar-refractivity contribution in [2.24, 2.45) is 5.10 Å². The van der Waals surface area contributed by atoms with Crippen molar-refractivity contribution in [2.75, 3.05) is 0 Å². The second kappa shape index (κ2) is 7.49. The summed E-state index contributed by atoms with van der Waals surface area (Å²) in [7, 11) is 0. The number of nitro benzene ring substituents is 1. The molecule has 9 nitrogen and oxygen atoms in total. The summed E-state index contributed by atoms with van der Waals surface area (Å²) in [4.78, 5) is 22.0. The van der Waals surface area contributed by atoms with Gasteiger partial charge < -0.3 is 15.3 Å². The van der Waals surface area contributed by atoms with Crippen LogP contribution < -0.4 is 5.43 Å². The first-order chi connectivity index (χ1) is 11.7. The number of nitrogens with one attached hydrogen (secondary N) is 1. The summed E-state index contributed by atoms with van der Waals surface area (Å²) in [5.41, 5.74) is 1.55. The predicted octanol–water partition coefficient (Wildman–Crippen LogP) is 3.00. The van der Waals surface area contributed by atoms with E-state index in [1.807, 2.05) is 0 Å². The van der Waals surface area contributed by atoms with Crippen molar-refractivity contribution < 1.29 is 25.0 Å². The molecule has 0 saturated carbocycles. The normalized spacial score (nSPS) is 10.8. The number of aromatic hydroxyl groups is 3. The summed E-state index contributed by atoms with van der Waals surface area (Å²) in [6.07, 6.45) is 1.09. The Bertz CT molecular complexity index is 901. The van der Waals surface area contributed by atoms with Gasteiger partial charge in [-0.1, -0.05) is 0 Å². The van der Waals surface area contributed by atoms with Gasteiger partial charge in [-0.2, -0.15) is 5.10 Å². The van der Waals surface area contributed by atoms with E-state index in [1.54, 1.807) is 0 Å². The van der Waals surface area contributed by atoms with E-state index in [9.17, 15) is 30.2 Å². The average molecular weight is 475 g/mol. The van der Waals surface area contributed by atoms with Crippen LogP contribution in [0.1, 0.15) is 15.9 Å². The van der Waals surface area contributed by atoms with E-state index >= 15 is 0 Å². The maximum atomic E-state index is 12.0. The number of amides is 1. The molecule has 0 radical (unpaired) electrons. The van der Waals surface area contributed by atoms with Crippen LogP contribution in [0.2, 0.25) is 0 Å². The Morgan fingerprint density at radius 3 is 2.52 bits per heavy atom. The number of carbonyl (C=O) groups excluding carboxylic acids is 1. The molecule has 0 saturated heterocycles. The minimum Gasteiger partial charge on any atom is -0.507 e. The molecule has 0 heterocycles.